The summed E-state index contributed by atoms with van der Waals surface area (Å²) in [5.41, 5.74) is 8.80. The van der Waals surface area contributed by atoms with Crippen LogP contribution in [0.25, 0.3) is 22.6 Å². The summed E-state index contributed by atoms with van der Waals surface area (Å²) in [6.45, 7) is 0. The number of imidazole rings is 1. The fraction of sp³-hybridized carbons (Fsp3) is 0.143. The van der Waals surface area contributed by atoms with Gasteiger partial charge in [-0.3, -0.25) is 4.68 Å². The first-order valence-electron chi connectivity index (χ1n) is 6.03. The quantitative estimate of drug-likeness (QED) is 0.760. The molecule has 0 aliphatic heterocycles. The maximum absolute atomic E-state index is 5.86. The molecule has 0 spiro atoms. The number of rotatable bonds is 2. The number of anilines is 1. The Morgan fingerprint density at radius 1 is 1.11 bits per heavy atom. The molecule has 2 N–H and O–H groups in total. The van der Waals surface area contributed by atoms with Crippen molar-refractivity contribution in [2.24, 2.45) is 14.1 Å². The van der Waals surface area contributed by atoms with E-state index in [2.05, 4.69) is 10.1 Å². The molecule has 0 unspecified atom stereocenters. The number of nitrogens with zero attached hydrogens (tertiary/aromatic N) is 4. The van der Waals surface area contributed by atoms with E-state index in [1.54, 1.807) is 10.9 Å². The lowest BCUT2D eigenvalue weighted by Crippen LogP contribution is -1.97. The molecule has 0 radical (unpaired) electrons. The second-order valence-electron chi connectivity index (χ2n) is 4.49. The number of aromatic nitrogens is 4. The predicted molar refractivity (Wildman–Crippen MR) is 75.3 cm³/mol. The molecular formula is C14H15N5. The van der Waals surface area contributed by atoms with Crippen molar-refractivity contribution in [3.05, 3.63) is 42.7 Å². The van der Waals surface area contributed by atoms with Crippen molar-refractivity contribution in [2.45, 2.75) is 0 Å². The number of nitrogens with two attached hydrogens (primary N) is 1. The summed E-state index contributed by atoms with van der Waals surface area (Å²) >= 11 is 0. The van der Waals surface area contributed by atoms with Gasteiger partial charge in [-0.1, -0.05) is 24.3 Å². The molecule has 2 aromatic heterocycles. The molecule has 0 atom stereocenters. The molecule has 0 aliphatic carbocycles. The zero-order valence-electron chi connectivity index (χ0n) is 10.9. The molecule has 96 valence electrons. The third kappa shape index (κ3) is 1.89. The molecule has 0 saturated carbocycles. The highest BCUT2D eigenvalue weighted by Gasteiger charge is 2.13. The summed E-state index contributed by atoms with van der Waals surface area (Å²) in [6, 6.07) is 9.95. The normalized spacial score (nSPS) is 10.8. The van der Waals surface area contributed by atoms with Gasteiger partial charge in [-0.05, 0) is 0 Å². The van der Waals surface area contributed by atoms with Crippen molar-refractivity contribution in [3.8, 4) is 22.6 Å². The Hall–Kier alpha value is -2.56. The van der Waals surface area contributed by atoms with Crippen LogP contribution in [0.4, 0.5) is 5.82 Å². The van der Waals surface area contributed by atoms with Gasteiger partial charge in [-0.25, -0.2) is 4.98 Å². The molecule has 5 heteroatoms. The lowest BCUT2D eigenvalue weighted by atomic mass is 10.0. The Bertz CT molecular complexity index is 704. The van der Waals surface area contributed by atoms with E-state index in [1.165, 1.54) is 0 Å². The summed E-state index contributed by atoms with van der Waals surface area (Å²) in [7, 11) is 3.81. The molecule has 2 heterocycles. The summed E-state index contributed by atoms with van der Waals surface area (Å²) in [4.78, 5) is 4.40. The van der Waals surface area contributed by atoms with Crippen LogP contribution in [-0.2, 0) is 14.1 Å². The van der Waals surface area contributed by atoms with Crippen molar-refractivity contribution >= 4 is 5.82 Å². The SMILES string of the molecule is Cn1ccnc1-c1ccccc1-c1cc(N)n(C)n1. The van der Waals surface area contributed by atoms with Crippen molar-refractivity contribution in [1.82, 2.24) is 19.3 Å². The van der Waals surface area contributed by atoms with Crippen molar-refractivity contribution < 1.29 is 0 Å². The van der Waals surface area contributed by atoms with Crippen LogP contribution < -0.4 is 5.73 Å². The second kappa shape index (κ2) is 4.28. The van der Waals surface area contributed by atoms with E-state index in [4.69, 9.17) is 5.73 Å². The zero-order valence-corrected chi connectivity index (χ0v) is 10.9. The molecule has 5 nitrogen and oxygen atoms in total. The van der Waals surface area contributed by atoms with E-state index in [-0.39, 0.29) is 0 Å². The van der Waals surface area contributed by atoms with E-state index in [9.17, 15) is 0 Å². The molecule has 0 amide bonds. The van der Waals surface area contributed by atoms with Gasteiger partial charge in [0.2, 0.25) is 0 Å². The fourth-order valence-corrected chi connectivity index (χ4v) is 2.14. The van der Waals surface area contributed by atoms with Crippen LogP contribution in [0.1, 0.15) is 0 Å². The van der Waals surface area contributed by atoms with Gasteiger partial charge < -0.3 is 10.3 Å². The van der Waals surface area contributed by atoms with Crippen LogP contribution in [0.15, 0.2) is 42.7 Å². The number of hydrogen-bond acceptors (Lipinski definition) is 3. The van der Waals surface area contributed by atoms with Crippen LogP contribution >= 0.6 is 0 Å². The summed E-state index contributed by atoms with van der Waals surface area (Å²) in [5, 5.41) is 4.44. The third-order valence-electron chi connectivity index (χ3n) is 3.18. The van der Waals surface area contributed by atoms with Crippen molar-refractivity contribution in [2.75, 3.05) is 5.73 Å². The van der Waals surface area contributed by atoms with Crippen LogP contribution in [0, 0.1) is 0 Å². The Labute approximate surface area is 111 Å². The van der Waals surface area contributed by atoms with Gasteiger partial charge in [0.25, 0.3) is 0 Å². The highest BCUT2D eigenvalue weighted by molar-refractivity contribution is 5.79. The monoisotopic (exact) mass is 253 g/mol. The largest absolute Gasteiger partial charge is 0.384 e. The number of hydrogen-bond donors (Lipinski definition) is 1. The molecule has 1 aromatic carbocycles. The summed E-state index contributed by atoms with van der Waals surface area (Å²) in [6.07, 6.45) is 3.72. The second-order valence-corrected chi connectivity index (χ2v) is 4.49. The predicted octanol–water partition coefficient (Wildman–Crippen LogP) is 2.07. The van der Waals surface area contributed by atoms with Gasteiger partial charge in [0.05, 0.1) is 5.69 Å². The van der Waals surface area contributed by atoms with E-state index in [0.29, 0.717) is 5.82 Å². The summed E-state index contributed by atoms with van der Waals surface area (Å²) < 4.78 is 3.66. The highest BCUT2D eigenvalue weighted by Crippen LogP contribution is 2.30. The molecule has 0 aliphatic rings. The van der Waals surface area contributed by atoms with Crippen LogP contribution in [0.3, 0.4) is 0 Å². The van der Waals surface area contributed by atoms with E-state index >= 15 is 0 Å². The van der Waals surface area contributed by atoms with Gasteiger partial charge >= 0.3 is 0 Å². The Morgan fingerprint density at radius 3 is 2.42 bits per heavy atom. The Kier molecular flexibility index (Phi) is 2.59. The summed E-state index contributed by atoms with van der Waals surface area (Å²) in [5.74, 6) is 1.56. The van der Waals surface area contributed by atoms with E-state index in [1.807, 2.05) is 55.2 Å². The fourth-order valence-electron chi connectivity index (χ4n) is 2.14. The van der Waals surface area contributed by atoms with Crippen LogP contribution in [-0.4, -0.2) is 19.3 Å². The standard InChI is InChI=1S/C14H15N5/c1-18-8-7-16-14(18)11-6-4-3-5-10(11)12-9-13(15)19(2)17-12/h3-9H,15H2,1-2H3. The minimum Gasteiger partial charge on any atom is -0.384 e. The lowest BCUT2D eigenvalue weighted by molar-refractivity contribution is 0.782. The average molecular weight is 253 g/mol. The zero-order chi connectivity index (χ0) is 13.4. The van der Waals surface area contributed by atoms with Crippen LogP contribution in [0.5, 0.6) is 0 Å². The molecule has 0 saturated heterocycles. The minimum absolute atomic E-state index is 0.643. The first kappa shape index (κ1) is 11.5. The molecule has 3 rings (SSSR count). The van der Waals surface area contributed by atoms with Gasteiger partial charge in [0, 0.05) is 43.7 Å². The maximum atomic E-state index is 5.86. The van der Waals surface area contributed by atoms with E-state index in [0.717, 1.165) is 22.6 Å². The number of benzene rings is 1. The van der Waals surface area contributed by atoms with Gasteiger partial charge in [0.1, 0.15) is 11.6 Å². The van der Waals surface area contributed by atoms with Gasteiger partial charge in [0.15, 0.2) is 0 Å². The number of nitrogen functional groups attached to an aromatic ring is 1. The first-order valence-corrected chi connectivity index (χ1v) is 6.03. The maximum Gasteiger partial charge on any atom is 0.140 e. The molecule has 3 aromatic rings. The smallest absolute Gasteiger partial charge is 0.140 e. The molecule has 0 fully saturated rings. The minimum atomic E-state index is 0.643. The van der Waals surface area contributed by atoms with E-state index < -0.39 is 0 Å². The van der Waals surface area contributed by atoms with Gasteiger partial charge in [-0.2, -0.15) is 5.10 Å². The Morgan fingerprint density at radius 2 is 1.84 bits per heavy atom. The van der Waals surface area contributed by atoms with Crippen molar-refractivity contribution in [1.29, 1.82) is 0 Å². The number of aryl methyl sites for hydroxylation is 2. The molecular weight excluding hydrogens is 238 g/mol. The molecule has 19 heavy (non-hydrogen) atoms. The van der Waals surface area contributed by atoms with Crippen LogP contribution in [0.2, 0.25) is 0 Å². The topological polar surface area (TPSA) is 61.7 Å². The Balaban J connectivity index is 2.20. The average Bonchev–Trinajstić information content (AvgIpc) is 2.97. The van der Waals surface area contributed by atoms with Gasteiger partial charge in [-0.15, -0.1) is 0 Å². The lowest BCUT2D eigenvalue weighted by Gasteiger charge is -2.07. The highest BCUT2D eigenvalue weighted by atomic mass is 15.3. The first-order chi connectivity index (χ1) is 9.16. The van der Waals surface area contributed by atoms with Crippen molar-refractivity contribution in [3.63, 3.8) is 0 Å². The third-order valence-corrected chi connectivity index (χ3v) is 3.18. The molecule has 0 bridgehead atoms.